The molecule has 0 saturated heterocycles. The van der Waals surface area contributed by atoms with Crippen LogP contribution in [0, 0.1) is 13.8 Å². The fourth-order valence-corrected chi connectivity index (χ4v) is 3.91. The molecule has 1 N–H and O–H groups in total. The largest absolute Gasteiger partial charge is 0.240 e. The van der Waals surface area contributed by atoms with Crippen molar-refractivity contribution in [3.05, 3.63) is 29.3 Å². The minimum absolute atomic E-state index is 0.157. The van der Waals surface area contributed by atoms with Crippen molar-refractivity contribution in [3.8, 4) is 0 Å². The molecule has 1 aromatic carbocycles. The summed E-state index contributed by atoms with van der Waals surface area (Å²) in [5.74, 6) is 0.771. The molecular weight excluding hydrogens is 278 g/mol. The zero-order chi connectivity index (χ0) is 14.7. The molecule has 0 aliphatic rings. The molecule has 108 valence electrons. The molecule has 0 unspecified atom stereocenters. The quantitative estimate of drug-likeness (QED) is 0.850. The zero-order valence-electron chi connectivity index (χ0n) is 12.3. The molecule has 0 heterocycles. The molecule has 0 spiro atoms. The first-order chi connectivity index (χ1) is 8.62. The fourth-order valence-electron chi connectivity index (χ4n) is 1.61. The molecule has 1 rings (SSSR count). The Morgan fingerprint density at radius 3 is 2.42 bits per heavy atom. The zero-order valence-corrected chi connectivity index (χ0v) is 13.9. The second-order valence-electron chi connectivity index (χ2n) is 5.63. The van der Waals surface area contributed by atoms with E-state index in [4.69, 9.17) is 0 Å². The molecular formula is C14H23NO2S2. The predicted molar refractivity (Wildman–Crippen MR) is 83.3 cm³/mol. The molecule has 19 heavy (non-hydrogen) atoms. The summed E-state index contributed by atoms with van der Waals surface area (Å²) < 4.78 is 27.2. The van der Waals surface area contributed by atoms with Gasteiger partial charge in [-0.2, -0.15) is 11.8 Å². The second-order valence-corrected chi connectivity index (χ2v) is 9.28. The maximum Gasteiger partial charge on any atom is 0.240 e. The molecule has 0 saturated carbocycles. The Hall–Kier alpha value is -0.520. The van der Waals surface area contributed by atoms with E-state index in [0.29, 0.717) is 11.4 Å². The van der Waals surface area contributed by atoms with Crippen molar-refractivity contribution in [1.82, 2.24) is 4.72 Å². The number of thioether (sulfide) groups is 1. The van der Waals surface area contributed by atoms with Crippen LogP contribution in [0.5, 0.6) is 0 Å². The van der Waals surface area contributed by atoms with Crippen molar-refractivity contribution in [3.63, 3.8) is 0 Å². The number of hydrogen-bond donors (Lipinski definition) is 1. The minimum Gasteiger partial charge on any atom is -0.210 e. The van der Waals surface area contributed by atoms with E-state index in [9.17, 15) is 8.42 Å². The highest BCUT2D eigenvalue weighted by atomic mass is 32.2. The van der Waals surface area contributed by atoms with Crippen molar-refractivity contribution >= 4 is 21.8 Å². The Bertz CT molecular complexity index is 531. The monoisotopic (exact) mass is 301 g/mol. The Morgan fingerprint density at radius 1 is 1.21 bits per heavy atom. The SMILES string of the molecule is Cc1ccc(C)c(S(=O)(=O)NCCSC(C)(C)C)c1. The third-order valence-corrected chi connectivity index (χ3v) is 5.44. The van der Waals surface area contributed by atoms with Gasteiger partial charge in [-0.05, 0) is 31.0 Å². The number of nitrogens with one attached hydrogen (secondary N) is 1. The second kappa shape index (κ2) is 6.29. The van der Waals surface area contributed by atoms with Gasteiger partial charge in [0.1, 0.15) is 0 Å². The van der Waals surface area contributed by atoms with Gasteiger partial charge in [-0.3, -0.25) is 0 Å². The van der Waals surface area contributed by atoms with Crippen LogP contribution in [0.3, 0.4) is 0 Å². The topological polar surface area (TPSA) is 46.2 Å². The van der Waals surface area contributed by atoms with Crippen LogP contribution in [0.25, 0.3) is 0 Å². The summed E-state index contributed by atoms with van der Waals surface area (Å²) in [6.45, 7) is 10.5. The van der Waals surface area contributed by atoms with Gasteiger partial charge in [0.15, 0.2) is 0 Å². The third kappa shape index (κ3) is 5.55. The Morgan fingerprint density at radius 2 is 1.84 bits per heavy atom. The van der Waals surface area contributed by atoms with Crippen LogP contribution < -0.4 is 4.72 Å². The molecule has 0 bridgehead atoms. The average Bonchev–Trinajstić information content (AvgIpc) is 2.26. The molecule has 1 aromatic rings. The molecule has 0 atom stereocenters. The first-order valence-electron chi connectivity index (χ1n) is 6.33. The predicted octanol–water partition coefficient (Wildman–Crippen LogP) is 3.11. The Balaban J connectivity index is 2.69. The normalized spacial score (nSPS) is 12.7. The molecule has 5 heteroatoms. The summed E-state index contributed by atoms with van der Waals surface area (Å²) in [4.78, 5) is 0.383. The summed E-state index contributed by atoms with van der Waals surface area (Å²) >= 11 is 1.75. The summed E-state index contributed by atoms with van der Waals surface area (Å²) in [5, 5.41) is 0. The van der Waals surface area contributed by atoms with E-state index in [-0.39, 0.29) is 4.75 Å². The molecule has 0 aliphatic heterocycles. The Kier molecular flexibility index (Phi) is 5.47. The summed E-state index contributed by atoms with van der Waals surface area (Å²) in [7, 11) is -3.39. The van der Waals surface area contributed by atoms with Gasteiger partial charge in [-0.25, -0.2) is 13.1 Å². The van der Waals surface area contributed by atoms with Crippen LogP contribution in [-0.2, 0) is 10.0 Å². The molecule has 0 radical (unpaired) electrons. The Labute approximate surface area is 121 Å². The van der Waals surface area contributed by atoms with E-state index >= 15 is 0 Å². The van der Waals surface area contributed by atoms with E-state index in [2.05, 4.69) is 25.5 Å². The van der Waals surface area contributed by atoms with Gasteiger partial charge in [0, 0.05) is 17.0 Å². The maximum atomic E-state index is 12.2. The highest BCUT2D eigenvalue weighted by molar-refractivity contribution is 8.00. The summed E-state index contributed by atoms with van der Waals surface area (Å²) in [6, 6.07) is 5.48. The first-order valence-corrected chi connectivity index (χ1v) is 8.79. The van der Waals surface area contributed by atoms with Gasteiger partial charge in [0.05, 0.1) is 4.90 Å². The van der Waals surface area contributed by atoms with Crippen LogP contribution >= 0.6 is 11.8 Å². The van der Waals surface area contributed by atoms with E-state index in [0.717, 1.165) is 16.9 Å². The van der Waals surface area contributed by atoms with Gasteiger partial charge in [-0.1, -0.05) is 32.9 Å². The van der Waals surface area contributed by atoms with Crippen molar-refractivity contribution in [2.24, 2.45) is 0 Å². The van der Waals surface area contributed by atoms with Crippen LogP contribution in [0.15, 0.2) is 23.1 Å². The molecule has 3 nitrogen and oxygen atoms in total. The van der Waals surface area contributed by atoms with Gasteiger partial charge >= 0.3 is 0 Å². The van der Waals surface area contributed by atoms with Crippen molar-refractivity contribution in [2.45, 2.75) is 44.3 Å². The van der Waals surface area contributed by atoms with Crippen molar-refractivity contribution in [2.75, 3.05) is 12.3 Å². The lowest BCUT2D eigenvalue weighted by atomic mass is 10.2. The van der Waals surface area contributed by atoms with Gasteiger partial charge < -0.3 is 0 Å². The number of sulfonamides is 1. The average molecular weight is 301 g/mol. The number of aryl methyl sites for hydroxylation is 2. The van der Waals surface area contributed by atoms with Gasteiger partial charge in [-0.15, -0.1) is 0 Å². The van der Waals surface area contributed by atoms with Crippen molar-refractivity contribution in [1.29, 1.82) is 0 Å². The minimum atomic E-state index is -3.39. The lowest BCUT2D eigenvalue weighted by Gasteiger charge is -2.17. The smallest absolute Gasteiger partial charge is 0.210 e. The summed E-state index contributed by atoms with van der Waals surface area (Å²) in [5.41, 5.74) is 1.73. The highest BCUT2D eigenvalue weighted by Crippen LogP contribution is 2.22. The van der Waals surface area contributed by atoms with Crippen LogP contribution in [0.4, 0.5) is 0 Å². The van der Waals surface area contributed by atoms with E-state index < -0.39 is 10.0 Å². The third-order valence-electron chi connectivity index (χ3n) is 2.56. The maximum absolute atomic E-state index is 12.2. The molecule has 0 aromatic heterocycles. The van der Waals surface area contributed by atoms with Crippen molar-refractivity contribution < 1.29 is 8.42 Å². The van der Waals surface area contributed by atoms with Crippen LogP contribution in [-0.4, -0.2) is 25.5 Å². The van der Waals surface area contributed by atoms with E-state index in [1.807, 2.05) is 26.0 Å². The first kappa shape index (κ1) is 16.5. The standard InChI is InChI=1S/C14H23NO2S2/c1-11-6-7-12(2)13(10-11)19(16,17)15-8-9-18-14(3,4)5/h6-7,10,15H,8-9H2,1-5H3. The summed E-state index contributed by atoms with van der Waals surface area (Å²) in [6.07, 6.45) is 0. The van der Waals surface area contributed by atoms with Gasteiger partial charge in [0.25, 0.3) is 0 Å². The van der Waals surface area contributed by atoms with Crippen LogP contribution in [0.1, 0.15) is 31.9 Å². The van der Waals surface area contributed by atoms with E-state index in [1.54, 1.807) is 17.8 Å². The van der Waals surface area contributed by atoms with Crippen LogP contribution in [0.2, 0.25) is 0 Å². The molecule has 0 amide bonds. The van der Waals surface area contributed by atoms with E-state index in [1.165, 1.54) is 0 Å². The number of hydrogen-bond acceptors (Lipinski definition) is 3. The molecule has 0 aliphatic carbocycles. The number of benzene rings is 1. The molecule has 0 fully saturated rings. The van der Waals surface area contributed by atoms with Gasteiger partial charge in [0.2, 0.25) is 10.0 Å². The lowest BCUT2D eigenvalue weighted by molar-refractivity contribution is 0.583. The number of rotatable bonds is 5. The highest BCUT2D eigenvalue weighted by Gasteiger charge is 2.17. The lowest BCUT2D eigenvalue weighted by Crippen LogP contribution is -2.27. The fraction of sp³-hybridized carbons (Fsp3) is 0.571.